The van der Waals surface area contributed by atoms with E-state index in [1.54, 1.807) is 6.07 Å². The highest BCUT2D eigenvalue weighted by Gasteiger charge is 2.21. The van der Waals surface area contributed by atoms with Crippen molar-refractivity contribution in [1.82, 2.24) is 5.32 Å². The van der Waals surface area contributed by atoms with E-state index < -0.39 is 11.6 Å². The Labute approximate surface area is 122 Å². The highest BCUT2D eigenvalue weighted by Crippen LogP contribution is 2.23. The summed E-state index contributed by atoms with van der Waals surface area (Å²) in [4.78, 5) is 0. The molecule has 0 aromatic heterocycles. The molecule has 1 aliphatic rings. The number of nitrogens with one attached hydrogen (secondary N) is 1. The van der Waals surface area contributed by atoms with E-state index in [0.717, 1.165) is 30.0 Å². The number of rotatable bonds is 3. The predicted molar refractivity (Wildman–Crippen MR) is 77.9 cm³/mol. The van der Waals surface area contributed by atoms with Crippen LogP contribution in [0.2, 0.25) is 0 Å². The molecule has 1 aliphatic heterocycles. The first-order valence-corrected chi connectivity index (χ1v) is 7.07. The van der Waals surface area contributed by atoms with Crippen molar-refractivity contribution in [2.45, 2.75) is 25.0 Å². The van der Waals surface area contributed by atoms with Crippen molar-refractivity contribution < 1.29 is 13.9 Å². The third-order valence-electron chi connectivity index (χ3n) is 3.89. The number of hydrogen-bond acceptors (Lipinski definition) is 2. The molecule has 110 valence electrons. The molecule has 1 saturated heterocycles. The van der Waals surface area contributed by atoms with Gasteiger partial charge < -0.3 is 10.4 Å². The minimum Gasteiger partial charge on any atom is -0.392 e. The molecule has 3 rings (SSSR count). The van der Waals surface area contributed by atoms with Crippen molar-refractivity contribution in [2.75, 3.05) is 6.54 Å². The Kier molecular flexibility index (Phi) is 3.99. The van der Waals surface area contributed by atoms with Crippen molar-refractivity contribution in [3.8, 4) is 11.1 Å². The van der Waals surface area contributed by atoms with Gasteiger partial charge in [-0.1, -0.05) is 30.3 Å². The van der Waals surface area contributed by atoms with Gasteiger partial charge in [0, 0.05) is 12.6 Å². The monoisotopic (exact) mass is 289 g/mol. The fourth-order valence-corrected chi connectivity index (χ4v) is 2.75. The maximum Gasteiger partial charge on any atom is 0.159 e. The van der Waals surface area contributed by atoms with Crippen molar-refractivity contribution in [3.05, 3.63) is 59.7 Å². The highest BCUT2D eigenvalue weighted by molar-refractivity contribution is 5.63. The van der Waals surface area contributed by atoms with Crippen LogP contribution in [0.5, 0.6) is 0 Å². The van der Waals surface area contributed by atoms with Crippen LogP contribution in [0.4, 0.5) is 8.78 Å². The van der Waals surface area contributed by atoms with Crippen LogP contribution in [0.3, 0.4) is 0 Å². The zero-order chi connectivity index (χ0) is 14.8. The number of β-amino-alcohol motifs (C(OH)–C–C–N with tert-alkyl or cyclic N) is 1. The fourth-order valence-electron chi connectivity index (χ4n) is 2.75. The topological polar surface area (TPSA) is 32.3 Å². The van der Waals surface area contributed by atoms with Crippen molar-refractivity contribution in [3.63, 3.8) is 0 Å². The Bertz CT molecular complexity index is 627. The largest absolute Gasteiger partial charge is 0.392 e. The lowest BCUT2D eigenvalue weighted by Crippen LogP contribution is -2.23. The van der Waals surface area contributed by atoms with Gasteiger partial charge in [0.2, 0.25) is 0 Å². The van der Waals surface area contributed by atoms with Gasteiger partial charge in [0.25, 0.3) is 0 Å². The van der Waals surface area contributed by atoms with Gasteiger partial charge in [-0.2, -0.15) is 0 Å². The lowest BCUT2D eigenvalue weighted by molar-refractivity contribution is 0.193. The summed E-state index contributed by atoms with van der Waals surface area (Å²) in [5.74, 6) is -1.66. The molecular weight excluding hydrogens is 272 g/mol. The van der Waals surface area contributed by atoms with E-state index in [1.165, 1.54) is 6.07 Å². The van der Waals surface area contributed by atoms with Crippen molar-refractivity contribution in [2.24, 2.45) is 0 Å². The van der Waals surface area contributed by atoms with E-state index in [9.17, 15) is 13.9 Å². The normalized spacial score (nSPS) is 21.7. The summed E-state index contributed by atoms with van der Waals surface area (Å²) in [6.07, 6.45) is 1.37. The van der Waals surface area contributed by atoms with E-state index in [2.05, 4.69) is 5.32 Å². The second kappa shape index (κ2) is 5.92. The van der Waals surface area contributed by atoms with Gasteiger partial charge in [0.1, 0.15) is 0 Å². The van der Waals surface area contributed by atoms with E-state index in [0.29, 0.717) is 18.2 Å². The van der Waals surface area contributed by atoms with Gasteiger partial charge in [-0.05, 0) is 41.7 Å². The van der Waals surface area contributed by atoms with E-state index >= 15 is 0 Å². The molecule has 0 bridgehead atoms. The third kappa shape index (κ3) is 3.28. The number of hydrogen-bond donors (Lipinski definition) is 2. The molecule has 0 aliphatic carbocycles. The van der Waals surface area contributed by atoms with Gasteiger partial charge in [-0.15, -0.1) is 0 Å². The molecule has 2 atom stereocenters. The molecule has 1 heterocycles. The van der Waals surface area contributed by atoms with E-state index in [1.807, 2.05) is 24.3 Å². The second-order valence-electron chi connectivity index (χ2n) is 5.52. The molecule has 0 amide bonds. The summed E-state index contributed by atoms with van der Waals surface area (Å²) >= 11 is 0. The Hall–Kier alpha value is -1.78. The Morgan fingerprint density at radius 3 is 2.33 bits per heavy atom. The van der Waals surface area contributed by atoms with Crippen LogP contribution in [-0.2, 0) is 6.42 Å². The molecule has 2 aromatic rings. The molecule has 4 heteroatoms. The zero-order valence-electron chi connectivity index (χ0n) is 11.5. The Balaban J connectivity index is 1.73. The van der Waals surface area contributed by atoms with Gasteiger partial charge in [0.05, 0.1) is 6.10 Å². The van der Waals surface area contributed by atoms with Crippen LogP contribution in [-0.4, -0.2) is 23.8 Å². The first kappa shape index (κ1) is 14.2. The minimum atomic E-state index is -0.833. The van der Waals surface area contributed by atoms with Crippen LogP contribution in [0.1, 0.15) is 12.0 Å². The quantitative estimate of drug-likeness (QED) is 0.910. The summed E-state index contributed by atoms with van der Waals surface area (Å²) in [5.41, 5.74) is 2.68. The predicted octanol–water partition coefficient (Wildman–Crippen LogP) is 2.90. The molecule has 0 unspecified atom stereocenters. The fraction of sp³-hybridized carbons (Fsp3) is 0.294. The maximum absolute atomic E-state index is 13.2. The average molecular weight is 289 g/mol. The summed E-state index contributed by atoms with van der Waals surface area (Å²) in [7, 11) is 0. The van der Waals surface area contributed by atoms with Gasteiger partial charge >= 0.3 is 0 Å². The van der Waals surface area contributed by atoms with Crippen LogP contribution in [0.25, 0.3) is 11.1 Å². The second-order valence-corrected chi connectivity index (χ2v) is 5.52. The molecule has 0 spiro atoms. The number of aliphatic hydroxyl groups excluding tert-OH is 1. The standard InChI is InChI=1S/C17H17F2NO/c18-16-6-5-13(8-17(16)19)12-3-1-11(2-4-12)7-14-9-15(21)10-20-14/h1-6,8,14-15,20-21H,7,9-10H2/t14-,15+/m1/s1. The van der Waals surface area contributed by atoms with Crippen molar-refractivity contribution >= 4 is 0 Å². The first-order valence-electron chi connectivity index (χ1n) is 7.07. The Morgan fingerprint density at radius 1 is 1.00 bits per heavy atom. The minimum absolute atomic E-state index is 0.253. The number of halogens is 2. The summed E-state index contributed by atoms with van der Waals surface area (Å²) in [5, 5.41) is 12.8. The van der Waals surface area contributed by atoms with E-state index in [4.69, 9.17) is 0 Å². The molecular formula is C17H17F2NO. The number of benzene rings is 2. The lowest BCUT2D eigenvalue weighted by atomic mass is 10.00. The lowest BCUT2D eigenvalue weighted by Gasteiger charge is -2.10. The molecule has 0 saturated carbocycles. The molecule has 1 fully saturated rings. The summed E-state index contributed by atoms with van der Waals surface area (Å²) in [6, 6.07) is 12.0. The van der Waals surface area contributed by atoms with Gasteiger partial charge in [-0.25, -0.2) is 8.78 Å². The van der Waals surface area contributed by atoms with Gasteiger partial charge in [-0.3, -0.25) is 0 Å². The SMILES string of the molecule is O[C@@H]1CN[C@H](Cc2ccc(-c3ccc(F)c(F)c3)cc2)C1. The highest BCUT2D eigenvalue weighted by atomic mass is 19.2. The first-order chi connectivity index (χ1) is 10.1. The average Bonchev–Trinajstić information content (AvgIpc) is 2.88. The molecule has 2 aromatic carbocycles. The van der Waals surface area contributed by atoms with E-state index in [-0.39, 0.29) is 6.10 Å². The van der Waals surface area contributed by atoms with Crippen LogP contribution in [0, 0.1) is 11.6 Å². The van der Waals surface area contributed by atoms with Crippen LogP contribution >= 0.6 is 0 Å². The smallest absolute Gasteiger partial charge is 0.159 e. The van der Waals surface area contributed by atoms with Gasteiger partial charge in [0.15, 0.2) is 11.6 Å². The summed E-state index contributed by atoms with van der Waals surface area (Å²) in [6.45, 7) is 0.650. The number of aliphatic hydroxyl groups is 1. The van der Waals surface area contributed by atoms with Crippen molar-refractivity contribution in [1.29, 1.82) is 0 Å². The van der Waals surface area contributed by atoms with Crippen LogP contribution in [0.15, 0.2) is 42.5 Å². The third-order valence-corrected chi connectivity index (χ3v) is 3.89. The maximum atomic E-state index is 13.2. The molecule has 21 heavy (non-hydrogen) atoms. The Morgan fingerprint density at radius 2 is 1.71 bits per heavy atom. The molecule has 2 nitrogen and oxygen atoms in total. The summed E-state index contributed by atoms with van der Waals surface area (Å²) < 4.78 is 26.2. The molecule has 2 N–H and O–H groups in total. The molecule has 0 radical (unpaired) electrons. The zero-order valence-corrected chi connectivity index (χ0v) is 11.5. The van der Waals surface area contributed by atoms with Crippen LogP contribution < -0.4 is 5.32 Å².